The molecule has 0 aliphatic rings. The van der Waals surface area contributed by atoms with Gasteiger partial charge in [0.1, 0.15) is 0 Å². The second kappa shape index (κ2) is 6.40. The largest absolute Gasteiger partial charge is 0.481 e. The Kier molecular flexibility index (Phi) is 5.93. The summed E-state index contributed by atoms with van der Waals surface area (Å²) >= 11 is 0. The average Bonchev–Trinajstić information content (AvgIpc) is 2.00. The maximum absolute atomic E-state index is 11.4. The highest BCUT2D eigenvalue weighted by Crippen LogP contribution is 2.03. The van der Waals surface area contributed by atoms with E-state index in [1.807, 2.05) is 13.8 Å². The first kappa shape index (κ1) is 13.9. The minimum absolute atomic E-state index is 0.0832. The zero-order chi connectivity index (χ0) is 12.0. The van der Waals surface area contributed by atoms with Crippen molar-refractivity contribution in [1.29, 1.82) is 0 Å². The van der Waals surface area contributed by atoms with Crippen LogP contribution in [0.2, 0.25) is 0 Å². The first-order valence-corrected chi connectivity index (χ1v) is 5.10. The molecule has 0 aliphatic carbocycles. The van der Waals surface area contributed by atoms with Crippen molar-refractivity contribution in [2.45, 2.75) is 45.7 Å². The molecule has 0 aromatic rings. The molecule has 88 valence electrons. The zero-order valence-electron chi connectivity index (χ0n) is 9.49. The van der Waals surface area contributed by atoms with Crippen molar-refractivity contribution >= 4 is 11.9 Å². The van der Waals surface area contributed by atoms with Gasteiger partial charge in [-0.2, -0.15) is 0 Å². The lowest BCUT2D eigenvalue weighted by molar-refractivity contribution is -0.137. The molecule has 5 nitrogen and oxygen atoms in total. The van der Waals surface area contributed by atoms with E-state index in [-0.39, 0.29) is 18.4 Å². The molecular weight excluding hydrogens is 196 g/mol. The van der Waals surface area contributed by atoms with Crippen LogP contribution in [0.3, 0.4) is 0 Å². The van der Waals surface area contributed by atoms with Gasteiger partial charge in [0.05, 0.1) is 12.5 Å². The maximum atomic E-state index is 11.4. The first-order chi connectivity index (χ1) is 6.82. The first-order valence-electron chi connectivity index (χ1n) is 5.10. The Hall–Kier alpha value is -1.10. The van der Waals surface area contributed by atoms with E-state index in [0.29, 0.717) is 12.3 Å². The summed E-state index contributed by atoms with van der Waals surface area (Å²) in [5, 5.41) is 11.1. The smallest absolute Gasteiger partial charge is 0.305 e. The average molecular weight is 216 g/mol. The van der Waals surface area contributed by atoms with Crippen LogP contribution in [0.15, 0.2) is 0 Å². The third kappa shape index (κ3) is 6.90. The fourth-order valence-corrected chi connectivity index (χ4v) is 1.28. The van der Waals surface area contributed by atoms with E-state index in [1.54, 1.807) is 6.92 Å². The van der Waals surface area contributed by atoms with Gasteiger partial charge < -0.3 is 16.2 Å². The van der Waals surface area contributed by atoms with Crippen LogP contribution >= 0.6 is 0 Å². The van der Waals surface area contributed by atoms with E-state index in [4.69, 9.17) is 10.8 Å². The van der Waals surface area contributed by atoms with Crippen LogP contribution in [-0.4, -0.2) is 29.1 Å². The zero-order valence-corrected chi connectivity index (χ0v) is 9.49. The summed E-state index contributed by atoms with van der Waals surface area (Å²) < 4.78 is 0. The third-order valence-corrected chi connectivity index (χ3v) is 1.93. The summed E-state index contributed by atoms with van der Waals surface area (Å²) in [7, 11) is 0. The van der Waals surface area contributed by atoms with E-state index in [0.717, 1.165) is 0 Å². The number of carbonyl (C=O) groups is 2. The second-order valence-electron chi connectivity index (χ2n) is 4.24. The van der Waals surface area contributed by atoms with Crippen molar-refractivity contribution in [3.8, 4) is 0 Å². The predicted octanol–water partition coefficient (Wildman–Crippen LogP) is 0.339. The highest BCUT2D eigenvalue weighted by atomic mass is 16.4. The van der Waals surface area contributed by atoms with Crippen molar-refractivity contribution in [3.05, 3.63) is 0 Å². The number of amides is 1. The van der Waals surface area contributed by atoms with E-state index in [2.05, 4.69) is 5.32 Å². The Labute approximate surface area is 90.0 Å². The molecule has 0 saturated carbocycles. The molecular formula is C10H20N2O3. The van der Waals surface area contributed by atoms with Crippen molar-refractivity contribution in [3.63, 3.8) is 0 Å². The highest BCUT2D eigenvalue weighted by molar-refractivity contribution is 5.82. The van der Waals surface area contributed by atoms with Crippen LogP contribution in [0.4, 0.5) is 0 Å². The molecule has 0 heterocycles. The summed E-state index contributed by atoms with van der Waals surface area (Å²) in [5.41, 5.74) is 5.64. The molecule has 0 saturated heterocycles. The van der Waals surface area contributed by atoms with Gasteiger partial charge in [0.2, 0.25) is 5.91 Å². The minimum Gasteiger partial charge on any atom is -0.481 e. The summed E-state index contributed by atoms with van der Waals surface area (Å²) in [5.74, 6) is -0.863. The molecule has 0 radical (unpaired) electrons. The SMILES string of the molecule is CC(C)C[C@H](N)C(=O)NC(C)CC(=O)O. The van der Waals surface area contributed by atoms with Gasteiger partial charge in [-0.1, -0.05) is 13.8 Å². The predicted molar refractivity (Wildman–Crippen MR) is 57.3 cm³/mol. The number of nitrogens with one attached hydrogen (secondary N) is 1. The van der Waals surface area contributed by atoms with Gasteiger partial charge in [-0.05, 0) is 19.3 Å². The molecule has 5 heteroatoms. The quantitative estimate of drug-likeness (QED) is 0.597. The molecule has 2 atom stereocenters. The summed E-state index contributed by atoms with van der Waals surface area (Å²) in [6.45, 7) is 5.61. The highest BCUT2D eigenvalue weighted by Gasteiger charge is 2.17. The fourth-order valence-electron chi connectivity index (χ4n) is 1.28. The minimum atomic E-state index is -0.930. The van der Waals surface area contributed by atoms with Crippen LogP contribution in [0.25, 0.3) is 0 Å². The number of hydrogen-bond acceptors (Lipinski definition) is 3. The van der Waals surface area contributed by atoms with Gasteiger partial charge in [-0.3, -0.25) is 9.59 Å². The molecule has 4 N–H and O–H groups in total. The standard InChI is InChI=1S/C10H20N2O3/c1-6(2)4-8(11)10(15)12-7(3)5-9(13)14/h6-8H,4-5,11H2,1-3H3,(H,12,15)(H,13,14)/t7?,8-/m0/s1. The van der Waals surface area contributed by atoms with E-state index in [9.17, 15) is 9.59 Å². The van der Waals surface area contributed by atoms with Crippen LogP contribution in [-0.2, 0) is 9.59 Å². The number of nitrogens with two attached hydrogens (primary N) is 1. The van der Waals surface area contributed by atoms with Crippen molar-refractivity contribution in [2.75, 3.05) is 0 Å². The van der Waals surface area contributed by atoms with Gasteiger partial charge in [-0.25, -0.2) is 0 Å². The fraction of sp³-hybridized carbons (Fsp3) is 0.800. The molecule has 1 unspecified atom stereocenters. The second-order valence-corrected chi connectivity index (χ2v) is 4.24. The molecule has 0 bridgehead atoms. The molecule has 0 fully saturated rings. The molecule has 1 amide bonds. The van der Waals surface area contributed by atoms with E-state index in [1.165, 1.54) is 0 Å². The lowest BCUT2D eigenvalue weighted by Gasteiger charge is -2.17. The Morgan fingerprint density at radius 2 is 1.87 bits per heavy atom. The monoisotopic (exact) mass is 216 g/mol. The van der Waals surface area contributed by atoms with E-state index >= 15 is 0 Å². The molecule has 0 rings (SSSR count). The van der Waals surface area contributed by atoms with Crippen LogP contribution in [0.1, 0.15) is 33.6 Å². The molecule has 0 aromatic carbocycles. The normalized spacial score (nSPS) is 14.7. The lowest BCUT2D eigenvalue weighted by Crippen LogP contribution is -2.45. The van der Waals surface area contributed by atoms with Crippen LogP contribution in [0, 0.1) is 5.92 Å². The summed E-state index contributed by atoms with van der Waals surface area (Å²) in [6, 6.07) is -0.936. The Balaban J connectivity index is 3.95. The Morgan fingerprint density at radius 3 is 2.27 bits per heavy atom. The van der Waals surface area contributed by atoms with Crippen molar-refractivity contribution in [1.82, 2.24) is 5.32 Å². The van der Waals surface area contributed by atoms with Gasteiger partial charge in [-0.15, -0.1) is 0 Å². The molecule has 0 aliphatic heterocycles. The van der Waals surface area contributed by atoms with Crippen LogP contribution in [0.5, 0.6) is 0 Å². The van der Waals surface area contributed by atoms with Crippen molar-refractivity contribution < 1.29 is 14.7 Å². The maximum Gasteiger partial charge on any atom is 0.305 e. The van der Waals surface area contributed by atoms with Gasteiger partial charge in [0.25, 0.3) is 0 Å². The summed E-state index contributed by atoms with van der Waals surface area (Å²) in [6.07, 6.45) is 0.520. The number of hydrogen-bond donors (Lipinski definition) is 3. The third-order valence-electron chi connectivity index (χ3n) is 1.93. The lowest BCUT2D eigenvalue weighted by atomic mass is 10.0. The number of carboxylic acids is 1. The van der Waals surface area contributed by atoms with Crippen molar-refractivity contribution in [2.24, 2.45) is 11.7 Å². The molecule has 0 spiro atoms. The molecule has 15 heavy (non-hydrogen) atoms. The molecule has 0 aromatic heterocycles. The Morgan fingerprint density at radius 1 is 1.33 bits per heavy atom. The topological polar surface area (TPSA) is 92.4 Å². The Bertz CT molecular complexity index is 229. The number of carboxylic acid groups (broad SMARTS) is 1. The number of rotatable bonds is 6. The van der Waals surface area contributed by atoms with Gasteiger partial charge in [0, 0.05) is 6.04 Å². The van der Waals surface area contributed by atoms with Gasteiger partial charge >= 0.3 is 5.97 Å². The van der Waals surface area contributed by atoms with Gasteiger partial charge in [0.15, 0.2) is 0 Å². The number of aliphatic carboxylic acids is 1. The van der Waals surface area contributed by atoms with E-state index < -0.39 is 12.0 Å². The number of carbonyl (C=O) groups excluding carboxylic acids is 1. The summed E-state index contributed by atoms with van der Waals surface area (Å²) in [4.78, 5) is 21.8. The van der Waals surface area contributed by atoms with Crippen LogP contribution < -0.4 is 11.1 Å².